The Bertz CT molecular complexity index is 391. The molecule has 0 amide bonds. The summed E-state index contributed by atoms with van der Waals surface area (Å²) in [7, 11) is 1.53. The molecule has 1 saturated heterocycles. The van der Waals surface area contributed by atoms with E-state index in [0.717, 1.165) is 25.1 Å². The van der Waals surface area contributed by atoms with Gasteiger partial charge in [-0.3, -0.25) is 0 Å². The van der Waals surface area contributed by atoms with Crippen LogP contribution in [-0.2, 0) is 6.42 Å². The summed E-state index contributed by atoms with van der Waals surface area (Å²) in [6.07, 6.45) is 3.28. The lowest BCUT2D eigenvalue weighted by Gasteiger charge is -2.23. The SMILES string of the molecule is COc1c(CC2CCCNC2)ccc(F)c1Cl. The lowest BCUT2D eigenvalue weighted by Crippen LogP contribution is -2.30. The summed E-state index contributed by atoms with van der Waals surface area (Å²) in [5.74, 6) is 0.644. The molecule has 2 rings (SSSR count). The van der Waals surface area contributed by atoms with Crippen molar-refractivity contribution < 1.29 is 9.13 Å². The van der Waals surface area contributed by atoms with Crippen LogP contribution in [0.2, 0.25) is 5.02 Å². The maximum absolute atomic E-state index is 13.3. The molecule has 1 heterocycles. The van der Waals surface area contributed by atoms with E-state index in [1.165, 1.54) is 26.0 Å². The second kappa shape index (κ2) is 5.69. The van der Waals surface area contributed by atoms with Crippen molar-refractivity contribution in [2.45, 2.75) is 19.3 Å². The highest BCUT2D eigenvalue weighted by molar-refractivity contribution is 6.32. The zero-order valence-electron chi connectivity index (χ0n) is 9.93. The largest absolute Gasteiger partial charge is 0.495 e. The highest BCUT2D eigenvalue weighted by Gasteiger charge is 2.18. The molecule has 1 N–H and O–H groups in total. The van der Waals surface area contributed by atoms with Crippen molar-refractivity contribution in [1.82, 2.24) is 5.32 Å². The maximum atomic E-state index is 13.3. The second-order valence-electron chi connectivity index (χ2n) is 4.47. The zero-order chi connectivity index (χ0) is 12.3. The summed E-state index contributed by atoms with van der Waals surface area (Å²) in [5.41, 5.74) is 0.993. The van der Waals surface area contributed by atoms with E-state index in [1.54, 1.807) is 6.07 Å². The van der Waals surface area contributed by atoms with Gasteiger partial charge >= 0.3 is 0 Å². The minimum Gasteiger partial charge on any atom is -0.495 e. The van der Waals surface area contributed by atoms with E-state index in [9.17, 15) is 4.39 Å². The summed E-state index contributed by atoms with van der Waals surface area (Å²) in [6, 6.07) is 3.19. The van der Waals surface area contributed by atoms with Crippen LogP contribution in [-0.4, -0.2) is 20.2 Å². The molecule has 0 radical (unpaired) electrons. The van der Waals surface area contributed by atoms with E-state index in [-0.39, 0.29) is 5.02 Å². The number of halogens is 2. The van der Waals surface area contributed by atoms with Crippen LogP contribution in [0.1, 0.15) is 18.4 Å². The molecule has 0 aliphatic carbocycles. The van der Waals surface area contributed by atoms with Crippen LogP contribution in [0.25, 0.3) is 0 Å². The molecular weight excluding hydrogens is 241 g/mol. The second-order valence-corrected chi connectivity index (χ2v) is 4.85. The number of rotatable bonds is 3. The van der Waals surface area contributed by atoms with Gasteiger partial charge in [-0.2, -0.15) is 0 Å². The first kappa shape index (κ1) is 12.7. The highest BCUT2D eigenvalue weighted by atomic mass is 35.5. The summed E-state index contributed by atoms with van der Waals surface area (Å²) in [5, 5.41) is 3.46. The van der Waals surface area contributed by atoms with Gasteiger partial charge in [0.2, 0.25) is 0 Å². The number of ether oxygens (including phenoxy) is 1. The van der Waals surface area contributed by atoms with Gasteiger partial charge in [0, 0.05) is 0 Å². The number of methoxy groups -OCH3 is 1. The van der Waals surface area contributed by atoms with E-state index < -0.39 is 5.82 Å². The van der Waals surface area contributed by atoms with Crippen LogP contribution in [0.4, 0.5) is 4.39 Å². The first-order valence-electron chi connectivity index (χ1n) is 5.94. The lowest BCUT2D eigenvalue weighted by atomic mass is 9.92. The Morgan fingerprint density at radius 3 is 3.00 bits per heavy atom. The number of piperidine rings is 1. The molecular formula is C13H17ClFNO. The predicted octanol–water partition coefficient (Wildman–Crippen LogP) is 3.03. The van der Waals surface area contributed by atoms with Gasteiger partial charge in [-0.25, -0.2) is 4.39 Å². The van der Waals surface area contributed by atoms with E-state index >= 15 is 0 Å². The minimum absolute atomic E-state index is 0.0915. The fourth-order valence-corrected chi connectivity index (χ4v) is 2.62. The monoisotopic (exact) mass is 257 g/mol. The number of benzene rings is 1. The number of nitrogens with one attached hydrogen (secondary N) is 1. The first-order valence-corrected chi connectivity index (χ1v) is 6.31. The Morgan fingerprint density at radius 2 is 2.35 bits per heavy atom. The topological polar surface area (TPSA) is 21.3 Å². The van der Waals surface area contributed by atoms with Crippen molar-refractivity contribution in [3.63, 3.8) is 0 Å². The molecule has 1 aliphatic heterocycles. The van der Waals surface area contributed by atoms with Crippen molar-refractivity contribution in [1.29, 1.82) is 0 Å². The van der Waals surface area contributed by atoms with Crippen molar-refractivity contribution in [3.05, 3.63) is 28.5 Å². The van der Waals surface area contributed by atoms with Crippen LogP contribution < -0.4 is 10.1 Å². The van der Waals surface area contributed by atoms with Gasteiger partial charge in [-0.15, -0.1) is 0 Å². The molecule has 1 aromatic rings. The van der Waals surface area contributed by atoms with Crippen LogP contribution in [0.5, 0.6) is 5.75 Å². The lowest BCUT2D eigenvalue weighted by molar-refractivity contribution is 0.363. The Kier molecular flexibility index (Phi) is 4.24. The Balaban J connectivity index is 2.17. The molecule has 1 unspecified atom stereocenters. The Hall–Kier alpha value is -0.800. The van der Waals surface area contributed by atoms with E-state index in [2.05, 4.69) is 5.32 Å². The van der Waals surface area contributed by atoms with Crippen molar-refractivity contribution in [2.75, 3.05) is 20.2 Å². The predicted molar refractivity (Wildman–Crippen MR) is 67.3 cm³/mol. The standard InChI is InChI=1S/C13H17ClFNO/c1-17-13-10(4-5-11(15)12(13)14)7-9-3-2-6-16-8-9/h4-5,9,16H,2-3,6-8H2,1H3. The van der Waals surface area contributed by atoms with Crippen molar-refractivity contribution in [3.8, 4) is 5.75 Å². The molecule has 1 aromatic carbocycles. The fourth-order valence-electron chi connectivity index (χ4n) is 2.36. The third-order valence-corrected chi connectivity index (χ3v) is 3.60. The fraction of sp³-hybridized carbons (Fsp3) is 0.538. The van der Waals surface area contributed by atoms with Crippen molar-refractivity contribution in [2.24, 2.45) is 5.92 Å². The summed E-state index contributed by atoms with van der Waals surface area (Å²) >= 11 is 5.90. The molecule has 1 aliphatic rings. The quantitative estimate of drug-likeness (QED) is 0.899. The van der Waals surface area contributed by atoms with Crippen LogP contribution in [0.3, 0.4) is 0 Å². The van der Waals surface area contributed by atoms with Gasteiger partial charge in [-0.1, -0.05) is 17.7 Å². The third-order valence-electron chi connectivity index (χ3n) is 3.24. The summed E-state index contributed by atoms with van der Waals surface area (Å²) < 4.78 is 18.5. The molecule has 4 heteroatoms. The maximum Gasteiger partial charge on any atom is 0.145 e. The van der Waals surface area contributed by atoms with Crippen LogP contribution >= 0.6 is 11.6 Å². The molecule has 0 aromatic heterocycles. The van der Waals surface area contributed by atoms with E-state index in [0.29, 0.717) is 11.7 Å². The van der Waals surface area contributed by atoms with Crippen LogP contribution in [0.15, 0.2) is 12.1 Å². The molecule has 1 atom stereocenters. The average molecular weight is 258 g/mol. The van der Waals surface area contributed by atoms with Gasteiger partial charge in [0.05, 0.1) is 7.11 Å². The molecule has 0 saturated carbocycles. The minimum atomic E-state index is -0.422. The van der Waals surface area contributed by atoms with Crippen LogP contribution in [0, 0.1) is 11.7 Å². The third kappa shape index (κ3) is 2.90. The summed E-state index contributed by atoms with van der Waals surface area (Å²) in [6.45, 7) is 2.11. The molecule has 0 spiro atoms. The smallest absolute Gasteiger partial charge is 0.145 e. The van der Waals surface area contributed by atoms with Gasteiger partial charge in [-0.05, 0) is 49.9 Å². The van der Waals surface area contributed by atoms with Gasteiger partial charge in [0.25, 0.3) is 0 Å². The normalized spacial score (nSPS) is 20.3. The Morgan fingerprint density at radius 1 is 1.53 bits per heavy atom. The molecule has 94 valence electrons. The molecule has 2 nitrogen and oxygen atoms in total. The number of hydrogen-bond acceptors (Lipinski definition) is 2. The van der Waals surface area contributed by atoms with Gasteiger partial charge in [0.15, 0.2) is 0 Å². The van der Waals surface area contributed by atoms with E-state index in [4.69, 9.17) is 16.3 Å². The van der Waals surface area contributed by atoms with E-state index in [1.807, 2.05) is 0 Å². The number of hydrogen-bond donors (Lipinski definition) is 1. The van der Waals surface area contributed by atoms with Gasteiger partial charge in [0.1, 0.15) is 16.6 Å². The highest BCUT2D eigenvalue weighted by Crippen LogP contribution is 2.33. The molecule has 17 heavy (non-hydrogen) atoms. The summed E-state index contributed by atoms with van der Waals surface area (Å²) in [4.78, 5) is 0. The molecule has 0 bridgehead atoms. The first-order chi connectivity index (χ1) is 8.22. The average Bonchev–Trinajstić information content (AvgIpc) is 2.36. The zero-order valence-corrected chi connectivity index (χ0v) is 10.7. The van der Waals surface area contributed by atoms with Gasteiger partial charge < -0.3 is 10.1 Å². The molecule has 1 fully saturated rings. The Labute approximate surface area is 106 Å². The van der Waals surface area contributed by atoms with Crippen molar-refractivity contribution >= 4 is 11.6 Å².